The quantitative estimate of drug-likeness (QED) is 0.254. The van der Waals surface area contributed by atoms with Crippen LogP contribution in [0.4, 0.5) is 18.9 Å². The van der Waals surface area contributed by atoms with Crippen molar-refractivity contribution in [1.82, 2.24) is 4.98 Å². The number of nitrogens with one attached hydrogen (secondary N) is 1. The van der Waals surface area contributed by atoms with Crippen molar-refractivity contribution < 1.29 is 37.0 Å². The van der Waals surface area contributed by atoms with Crippen LogP contribution in [0.15, 0.2) is 56.8 Å². The van der Waals surface area contributed by atoms with Gasteiger partial charge in [0.1, 0.15) is 5.75 Å². The SMILES string of the molecule is CCOC(=O)COc1ccc(Br)cc1[C@@H]1c2sc(=O)[nH]c2S[C@@H]2[C@@H]3C[C@@H]([C@@H]4C(=O)N(c5cccc(C(F)(F)F)c5)C(=O)[C@@H]34)[C@H]12. The van der Waals surface area contributed by atoms with Crippen LogP contribution in [0.25, 0.3) is 0 Å². The van der Waals surface area contributed by atoms with Crippen molar-refractivity contribution in [1.29, 1.82) is 0 Å². The molecule has 2 amide bonds. The summed E-state index contributed by atoms with van der Waals surface area (Å²) in [6.45, 7) is 1.59. The van der Waals surface area contributed by atoms with E-state index in [0.29, 0.717) is 17.2 Å². The molecular weight excluding hydrogens is 685 g/mol. The molecule has 7 rings (SSSR count). The number of benzene rings is 2. The molecule has 8 nitrogen and oxygen atoms in total. The highest BCUT2D eigenvalue weighted by Gasteiger charge is 2.70. The van der Waals surface area contributed by atoms with E-state index < -0.39 is 47.3 Å². The lowest BCUT2D eigenvalue weighted by molar-refractivity contribution is -0.145. The maximum Gasteiger partial charge on any atom is 0.416 e. The second kappa shape index (κ2) is 10.8. The minimum atomic E-state index is -4.62. The van der Waals surface area contributed by atoms with Crippen LogP contribution in [0.1, 0.15) is 35.3 Å². The van der Waals surface area contributed by atoms with Crippen molar-refractivity contribution in [3.8, 4) is 5.75 Å². The number of hydrogen-bond acceptors (Lipinski definition) is 8. The summed E-state index contributed by atoms with van der Waals surface area (Å²) in [4.78, 5) is 57.0. The summed E-state index contributed by atoms with van der Waals surface area (Å²) < 4.78 is 52.2. The van der Waals surface area contributed by atoms with Crippen LogP contribution in [0, 0.1) is 29.6 Å². The molecule has 4 aliphatic rings. The first-order valence-corrected chi connectivity index (χ1v) is 16.5. The Morgan fingerprint density at radius 2 is 1.84 bits per heavy atom. The monoisotopic (exact) mass is 708 g/mol. The van der Waals surface area contributed by atoms with Crippen LogP contribution in [0.5, 0.6) is 5.75 Å². The number of hydrogen-bond donors (Lipinski definition) is 1. The predicted molar refractivity (Wildman–Crippen MR) is 159 cm³/mol. The largest absolute Gasteiger partial charge is 0.482 e. The Morgan fingerprint density at radius 1 is 1.09 bits per heavy atom. The highest BCUT2D eigenvalue weighted by Crippen LogP contribution is 2.69. The van der Waals surface area contributed by atoms with Gasteiger partial charge in [-0.1, -0.05) is 33.3 Å². The number of ether oxygens (including phenoxy) is 2. The first kappa shape index (κ1) is 29.6. The van der Waals surface area contributed by atoms with E-state index in [1.807, 2.05) is 6.07 Å². The van der Waals surface area contributed by atoms with Crippen molar-refractivity contribution in [3.63, 3.8) is 0 Å². The molecule has 0 radical (unpaired) electrons. The third kappa shape index (κ3) is 4.63. The number of carbonyl (C=O) groups excluding carboxylic acids is 3. The Bertz CT molecular complexity index is 1760. The number of thiazole rings is 1. The molecule has 1 aromatic heterocycles. The molecule has 3 heterocycles. The standard InChI is InChI=1S/C30H24BrF3N2O6S2/c1-2-41-19(37)11-42-18-7-6-13(31)9-15(18)20-21-16-10-17(24(21)43-26-25(20)44-29(40)35-26)23-22(16)27(38)36(28(23)39)14-5-3-4-12(8-14)30(32,33)34/h3-9,16-17,20-24H,2,10-11H2,1H3,(H,35,40)/t16-,17-,20+,21-,22+,23+,24-/m1/s1. The average molecular weight is 710 g/mol. The number of aromatic amines is 1. The van der Waals surface area contributed by atoms with Crippen molar-refractivity contribution >= 4 is 62.5 Å². The molecule has 1 saturated heterocycles. The second-order valence-electron chi connectivity index (χ2n) is 11.3. The summed E-state index contributed by atoms with van der Waals surface area (Å²) in [6, 6.07) is 9.71. The van der Waals surface area contributed by atoms with Crippen LogP contribution >= 0.6 is 39.0 Å². The minimum Gasteiger partial charge on any atom is -0.482 e. The third-order valence-electron chi connectivity index (χ3n) is 9.11. The Labute approximate surface area is 265 Å². The number of halogens is 4. The lowest BCUT2D eigenvalue weighted by Gasteiger charge is -2.43. The Hall–Kier alpha value is -3.10. The molecule has 3 fully saturated rings. The fourth-order valence-corrected chi connectivity index (χ4v) is 10.9. The maximum absolute atomic E-state index is 14.0. The zero-order chi connectivity index (χ0) is 31.1. The fourth-order valence-electron chi connectivity index (χ4n) is 7.67. The van der Waals surface area contributed by atoms with Gasteiger partial charge < -0.3 is 14.5 Å². The van der Waals surface area contributed by atoms with Gasteiger partial charge in [0.25, 0.3) is 0 Å². The van der Waals surface area contributed by atoms with Gasteiger partial charge >= 0.3 is 17.0 Å². The molecule has 230 valence electrons. The predicted octanol–water partition coefficient (Wildman–Crippen LogP) is 5.84. The normalized spacial score (nSPS) is 28.6. The molecule has 2 saturated carbocycles. The molecule has 2 aromatic carbocycles. The van der Waals surface area contributed by atoms with Gasteiger partial charge in [0.2, 0.25) is 11.8 Å². The Balaban J connectivity index is 1.29. The lowest BCUT2D eigenvalue weighted by Crippen LogP contribution is -2.42. The van der Waals surface area contributed by atoms with Gasteiger partial charge in [-0.2, -0.15) is 13.2 Å². The number of imide groups is 1. The van der Waals surface area contributed by atoms with E-state index in [2.05, 4.69) is 20.9 Å². The van der Waals surface area contributed by atoms with Gasteiger partial charge in [-0.25, -0.2) is 4.79 Å². The summed E-state index contributed by atoms with van der Waals surface area (Å²) in [5.74, 6) is -3.48. The topological polar surface area (TPSA) is 106 Å². The number of nitrogens with zero attached hydrogens (tertiary/aromatic N) is 1. The van der Waals surface area contributed by atoms with Crippen molar-refractivity contribution in [2.45, 2.75) is 35.7 Å². The summed E-state index contributed by atoms with van der Waals surface area (Å²) in [5.41, 5.74) is -0.287. The van der Waals surface area contributed by atoms with E-state index in [4.69, 9.17) is 9.47 Å². The molecule has 0 unspecified atom stereocenters. The van der Waals surface area contributed by atoms with Crippen LogP contribution < -0.4 is 14.5 Å². The van der Waals surface area contributed by atoms with E-state index in [0.717, 1.165) is 43.3 Å². The zero-order valence-electron chi connectivity index (χ0n) is 22.9. The van der Waals surface area contributed by atoms with Gasteiger partial charge in [-0.05, 0) is 67.5 Å². The molecule has 44 heavy (non-hydrogen) atoms. The van der Waals surface area contributed by atoms with Gasteiger partial charge in [0.15, 0.2) is 6.61 Å². The number of thioether (sulfide) groups is 1. The minimum absolute atomic E-state index is 0.0825. The van der Waals surface area contributed by atoms with Crippen molar-refractivity contribution in [2.75, 3.05) is 18.1 Å². The zero-order valence-corrected chi connectivity index (χ0v) is 26.1. The number of aromatic nitrogens is 1. The molecular formula is C30H24BrF3N2O6S2. The Morgan fingerprint density at radius 3 is 2.57 bits per heavy atom. The number of amides is 2. The number of anilines is 1. The van der Waals surface area contributed by atoms with Crippen molar-refractivity contribution in [2.24, 2.45) is 29.6 Å². The number of rotatable bonds is 6. The van der Waals surface area contributed by atoms with Crippen LogP contribution in [0.3, 0.4) is 0 Å². The summed E-state index contributed by atoms with van der Waals surface area (Å²) >= 11 is 6.12. The number of carbonyl (C=O) groups is 3. The van der Waals surface area contributed by atoms with Gasteiger partial charge in [0, 0.05) is 26.1 Å². The smallest absolute Gasteiger partial charge is 0.416 e. The third-order valence-corrected chi connectivity index (χ3v) is 12.2. The van der Waals surface area contributed by atoms with Crippen LogP contribution in [-0.2, 0) is 25.3 Å². The van der Waals surface area contributed by atoms with E-state index in [1.54, 1.807) is 19.1 Å². The van der Waals surface area contributed by atoms with Crippen LogP contribution in [-0.4, -0.2) is 41.2 Å². The maximum atomic E-state index is 14.0. The molecule has 1 N–H and O–H groups in total. The van der Waals surface area contributed by atoms with Crippen LogP contribution in [0.2, 0.25) is 0 Å². The number of alkyl halides is 3. The summed E-state index contributed by atoms with van der Waals surface area (Å²) in [5, 5.41) is 0.553. The second-order valence-corrected chi connectivity index (χ2v) is 14.4. The molecule has 7 atom stereocenters. The van der Waals surface area contributed by atoms with Crippen molar-refractivity contribution in [3.05, 3.63) is 72.6 Å². The summed E-state index contributed by atoms with van der Waals surface area (Å²) in [6.07, 6.45) is -4.02. The van der Waals surface area contributed by atoms with E-state index in [1.165, 1.54) is 23.9 Å². The molecule has 2 aliphatic carbocycles. The molecule has 14 heteroatoms. The Kier molecular flexibility index (Phi) is 7.24. The fraction of sp³-hybridized carbons (Fsp3) is 0.400. The van der Waals surface area contributed by atoms with Gasteiger partial charge in [-0.3, -0.25) is 19.3 Å². The van der Waals surface area contributed by atoms with Gasteiger partial charge in [-0.15, -0.1) is 11.8 Å². The highest BCUT2D eigenvalue weighted by molar-refractivity contribution is 9.10. The van der Waals surface area contributed by atoms with Gasteiger partial charge in [0.05, 0.1) is 34.7 Å². The molecule has 0 spiro atoms. The average Bonchev–Trinajstić information content (AvgIpc) is 3.71. The number of fused-ring (bicyclic) bond motifs is 9. The first-order chi connectivity index (χ1) is 21.0. The van der Waals surface area contributed by atoms with E-state index in [9.17, 15) is 32.3 Å². The molecule has 2 bridgehead atoms. The highest BCUT2D eigenvalue weighted by atomic mass is 79.9. The molecule has 2 aliphatic heterocycles. The van der Waals surface area contributed by atoms with E-state index in [-0.39, 0.29) is 46.8 Å². The number of esters is 1. The lowest BCUT2D eigenvalue weighted by atomic mass is 9.68. The first-order valence-electron chi connectivity index (χ1n) is 14.0. The number of H-pyrrole nitrogens is 1. The molecule has 3 aromatic rings. The summed E-state index contributed by atoms with van der Waals surface area (Å²) in [7, 11) is 0. The van der Waals surface area contributed by atoms with E-state index >= 15 is 0 Å².